The summed E-state index contributed by atoms with van der Waals surface area (Å²) >= 11 is 0. The Hall–Kier alpha value is -3.03. The zero-order valence-electron chi connectivity index (χ0n) is 13.8. The van der Waals surface area contributed by atoms with Gasteiger partial charge in [-0.1, -0.05) is 42.5 Å². The molecule has 1 atom stereocenters. The Morgan fingerprint density at radius 3 is 2.27 bits per heavy atom. The highest BCUT2D eigenvalue weighted by atomic mass is 19.4. The van der Waals surface area contributed by atoms with Crippen LogP contribution in [0.5, 0.6) is 0 Å². The third kappa shape index (κ3) is 5.23. The molecular weight excluding hydrogens is 349 g/mol. The molecule has 0 saturated heterocycles. The summed E-state index contributed by atoms with van der Waals surface area (Å²) in [4.78, 5) is 24.0. The minimum atomic E-state index is -4.62. The van der Waals surface area contributed by atoms with Crippen LogP contribution < -0.4 is 10.6 Å². The van der Waals surface area contributed by atoms with Crippen molar-refractivity contribution < 1.29 is 27.5 Å². The summed E-state index contributed by atoms with van der Waals surface area (Å²) in [5, 5.41) is 4.49. The molecule has 2 amide bonds. The number of urea groups is 1. The first-order valence-electron chi connectivity index (χ1n) is 7.66. The predicted molar refractivity (Wildman–Crippen MR) is 89.5 cm³/mol. The maximum absolute atomic E-state index is 13.0. The van der Waals surface area contributed by atoms with Crippen LogP contribution in [0.25, 0.3) is 0 Å². The molecule has 0 radical (unpaired) electrons. The summed E-state index contributed by atoms with van der Waals surface area (Å²) in [5.74, 6) is -0.701. The molecule has 8 heteroatoms. The number of carbonyl (C=O) groups excluding carboxylic acids is 2. The second-order valence-electron chi connectivity index (χ2n) is 5.41. The number of hydrogen-bond acceptors (Lipinski definition) is 3. The Labute approximate surface area is 148 Å². The summed E-state index contributed by atoms with van der Waals surface area (Å²) in [6.45, 7) is 0. The third-order valence-corrected chi connectivity index (χ3v) is 3.55. The van der Waals surface area contributed by atoms with E-state index in [1.165, 1.54) is 19.2 Å². The zero-order chi connectivity index (χ0) is 19.2. The molecule has 0 aliphatic rings. The minimum absolute atomic E-state index is 0.141. The second kappa shape index (κ2) is 8.37. The van der Waals surface area contributed by atoms with Gasteiger partial charge in [-0.25, -0.2) is 9.59 Å². The van der Waals surface area contributed by atoms with E-state index in [4.69, 9.17) is 0 Å². The molecule has 0 aliphatic carbocycles. The zero-order valence-corrected chi connectivity index (χ0v) is 13.8. The predicted octanol–water partition coefficient (Wildman–Crippen LogP) is 3.61. The Balaban J connectivity index is 2.12. The molecule has 0 unspecified atom stereocenters. The van der Waals surface area contributed by atoms with Gasteiger partial charge in [0.2, 0.25) is 0 Å². The number of halogens is 3. The molecule has 0 fully saturated rings. The maximum Gasteiger partial charge on any atom is 0.418 e. The van der Waals surface area contributed by atoms with E-state index in [9.17, 15) is 22.8 Å². The molecule has 2 aromatic carbocycles. The van der Waals surface area contributed by atoms with Gasteiger partial charge in [-0.3, -0.25) is 0 Å². The molecular formula is C18H17F3N2O3. The Morgan fingerprint density at radius 2 is 1.65 bits per heavy atom. The van der Waals surface area contributed by atoms with E-state index in [2.05, 4.69) is 15.4 Å². The number of carbonyl (C=O) groups is 2. The van der Waals surface area contributed by atoms with Crippen molar-refractivity contribution in [3.05, 3.63) is 65.7 Å². The summed E-state index contributed by atoms with van der Waals surface area (Å²) in [5.41, 5.74) is -0.618. The van der Waals surface area contributed by atoms with Gasteiger partial charge in [0, 0.05) is 6.42 Å². The molecule has 5 nitrogen and oxygen atoms in total. The van der Waals surface area contributed by atoms with Crippen molar-refractivity contribution in [2.75, 3.05) is 12.4 Å². The van der Waals surface area contributed by atoms with Gasteiger partial charge in [-0.2, -0.15) is 13.2 Å². The molecule has 0 aromatic heterocycles. The van der Waals surface area contributed by atoms with Crippen molar-refractivity contribution in [3.63, 3.8) is 0 Å². The smallest absolute Gasteiger partial charge is 0.418 e. The van der Waals surface area contributed by atoms with Gasteiger partial charge in [0.15, 0.2) is 0 Å². The van der Waals surface area contributed by atoms with E-state index < -0.39 is 35.5 Å². The van der Waals surface area contributed by atoms with Crippen molar-refractivity contribution in [2.45, 2.75) is 18.6 Å². The van der Waals surface area contributed by atoms with Crippen LogP contribution in [0.4, 0.5) is 23.7 Å². The van der Waals surface area contributed by atoms with Gasteiger partial charge in [0.1, 0.15) is 6.04 Å². The lowest BCUT2D eigenvalue weighted by molar-refractivity contribution is -0.142. The number of para-hydroxylation sites is 1. The number of methoxy groups -OCH3 is 1. The maximum atomic E-state index is 13.0. The lowest BCUT2D eigenvalue weighted by atomic mass is 10.1. The molecule has 2 N–H and O–H groups in total. The summed E-state index contributed by atoms with van der Waals surface area (Å²) < 4.78 is 43.6. The molecule has 26 heavy (non-hydrogen) atoms. The number of benzene rings is 2. The number of esters is 1. The van der Waals surface area contributed by atoms with E-state index in [1.54, 1.807) is 30.3 Å². The quantitative estimate of drug-likeness (QED) is 0.795. The monoisotopic (exact) mass is 366 g/mol. The van der Waals surface area contributed by atoms with Crippen LogP contribution in [0.15, 0.2) is 54.6 Å². The fourth-order valence-electron chi connectivity index (χ4n) is 2.34. The number of anilines is 1. The highest BCUT2D eigenvalue weighted by Crippen LogP contribution is 2.34. The molecule has 2 aromatic rings. The Kier molecular flexibility index (Phi) is 6.21. The van der Waals surface area contributed by atoms with Crippen molar-refractivity contribution in [1.82, 2.24) is 5.32 Å². The average molecular weight is 366 g/mol. The largest absolute Gasteiger partial charge is 0.467 e. The molecule has 0 aliphatic heterocycles. The van der Waals surface area contributed by atoms with Crippen molar-refractivity contribution in [1.29, 1.82) is 0 Å². The summed E-state index contributed by atoms with van der Waals surface area (Å²) in [6.07, 6.45) is -4.47. The van der Waals surface area contributed by atoms with E-state index in [1.807, 2.05) is 0 Å². The van der Waals surface area contributed by atoms with Crippen LogP contribution in [0.1, 0.15) is 11.1 Å². The summed E-state index contributed by atoms with van der Waals surface area (Å²) in [6, 6.07) is 11.4. The van der Waals surface area contributed by atoms with E-state index in [0.717, 1.165) is 17.7 Å². The number of alkyl halides is 3. The number of nitrogens with one attached hydrogen (secondary N) is 2. The van der Waals surface area contributed by atoms with Crippen molar-refractivity contribution in [2.24, 2.45) is 0 Å². The first-order valence-corrected chi connectivity index (χ1v) is 7.66. The van der Waals surface area contributed by atoms with Crippen LogP contribution >= 0.6 is 0 Å². The number of hydrogen-bond donors (Lipinski definition) is 2. The molecule has 0 bridgehead atoms. The molecule has 2 rings (SSSR count). The number of amides is 2. The SMILES string of the molecule is COC(=O)[C@@H](Cc1ccccc1)NC(=O)Nc1ccccc1C(F)(F)F. The van der Waals surface area contributed by atoms with E-state index in [0.29, 0.717) is 0 Å². The van der Waals surface area contributed by atoms with Gasteiger partial charge >= 0.3 is 18.2 Å². The van der Waals surface area contributed by atoms with Gasteiger partial charge in [-0.05, 0) is 17.7 Å². The highest BCUT2D eigenvalue weighted by molar-refractivity contribution is 5.93. The fourth-order valence-corrected chi connectivity index (χ4v) is 2.34. The first kappa shape index (κ1) is 19.3. The third-order valence-electron chi connectivity index (χ3n) is 3.55. The van der Waals surface area contributed by atoms with Crippen LogP contribution in [0, 0.1) is 0 Å². The summed E-state index contributed by atoms with van der Waals surface area (Å²) in [7, 11) is 1.17. The van der Waals surface area contributed by atoms with Gasteiger partial charge in [-0.15, -0.1) is 0 Å². The molecule has 0 spiro atoms. The Morgan fingerprint density at radius 1 is 1.04 bits per heavy atom. The lowest BCUT2D eigenvalue weighted by Crippen LogP contribution is -2.45. The van der Waals surface area contributed by atoms with Gasteiger partial charge < -0.3 is 15.4 Å². The standard InChI is InChI=1S/C18H17F3N2O3/c1-26-16(24)15(11-12-7-3-2-4-8-12)23-17(25)22-14-10-6-5-9-13(14)18(19,20)21/h2-10,15H,11H2,1H3,(H2,22,23,25)/t15-/m1/s1. The Bertz CT molecular complexity index is 764. The van der Waals surface area contributed by atoms with E-state index in [-0.39, 0.29) is 6.42 Å². The topological polar surface area (TPSA) is 67.4 Å². The first-order chi connectivity index (χ1) is 12.3. The van der Waals surface area contributed by atoms with Crippen molar-refractivity contribution in [3.8, 4) is 0 Å². The van der Waals surface area contributed by atoms with Crippen LogP contribution in [0.2, 0.25) is 0 Å². The van der Waals surface area contributed by atoms with Crippen LogP contribution in [-0.2, 0) is 22.1 Å². The number of rotatable bonds is 5. The molecule has 138 valence electrons. The van der Waals surface area contributed by atoms with Gasteiger partial charge in [0.05, 0.1) is 18.4 Å². The van der Waals surface area contributed by atoms with Crippen LogP contribution in [-0.4, -0.2) is 25.2 Å². The normalized spacial score (nSPS) is 12.2. The van der Waals surface area contributed by atoms with Crippen molar-refractivity contribution >= 4 is 17.7 Å². The van der Waals surface area contributed by atoms with Crippen LogP contribution in [0.3, 0.4) is 0 Å². The lowest BCUT2D eigenvalue weighted by Gasteiger charge is -2.18. The highest BCUT2D eigenvalue weighted by Gasteiger charge is 2.33. The second-order valence-corrected chi connectivity index (χ2v) is 5.41. The molecule has 0 saturated carbocycles. The molecule has 0 heterocycles. The fraction of sp³-hybridized carbons (Fsp3) is 0.222. The average Bonchev–Trinajstić information content (AvgIpc) is 2.61. The number of ether oxygens (including phenoxy) is 1. The van der Waals surface area contributed by atoms with E-state index >= 15 is 0 Å². The minimum Gasteiger partial charge on any atom is -0.467 e. The van der Waals surface area contributed by atoms with Gasteiger partial charge in [0.25, 0.3) is 0 Å².